The molecule has 0 saturated carbocycles. The monoisotopic (exact) mass is 571 g/mol. The van der Waals surface area contributed by atoms with Gasteiger partial charge in [0.05, 0.1) is 40.9 Å². The maximum atomic E-state index is 6.38. The fourth-order valence-electron chi connectivity index (χ4n) is 4.75. The maximum Gasteiger partial charge on any atom is 0.230 e. The van der Waals surface area contributed by atoms with Gasteiger partial charge in [-0.25, -0.2) is 19.2 Å². The molecular formula is C28H19Cl2N7O3. The SMILES string of the molecule is Cc1nn(-c2ccc(Cl)cc2)c2c1[C@H](c1ccco1)c1c(ncn3nc(CO/N=C\c4ccccc4Cl)nc13)O2. The van der Waals surface area contributed by atoms with Crippen molar-refractivity contribution in [3.63, 3.8) is 0 Å². The van der Waals surface area contributed by atoms with E-state index < -0.39 is 0 Å². The Labute approximate surface area is 237 Å². The molecule has 0 N–H and O–H groups in total. The molecule has 1 atom stereocenters. The first-order valence-corrected chi connectivity index (χ1v) is 13.0. The van der Waals surface area contributed by atoms with Gasteiger partial charge in [0.1, 0.15) is 12.1 Å². The second-order valence-electron chi connectivity index (χ2n) is 9.03. The third-order valence-electron chi connectivity index (χ3n) is 6.53. The highest BCUT2D eigenvalue weighted by Crippen LogP contribution is 2.49. The van der Waals surface area contributed by atoms with Crippen molar-refractivity contribution >= 4 is 35.1 Å². The lowest BCUT2D eigenvalue weighted by Gasteiger charge is -2.24. The van der Waals surface area contributed by atoms with E-state index in [1.807, 2.05) is 49.4 Å². The first-order chi connectivity index (χ1) is 19.6. The average Bonchev–Trinajstić information content (AvgIpc) is 3.71. The van der Waals surface area contributed by atoms with Crippen molar-refractivity contribution in [1.82, 2.24) is 29.4 Å². The highest BCUT2D eigenvalue weighted by atomic mass is 35.5. The Morgan fingerprint density at radius 1 is 1.02 bits per heavy atom. The first-order valence-electron chi connectivity index (χ1n) is 12.3. The van der Waals surface area contributed by atoms with Gasteiger partial charge in [-0.15, -0.1) is 5.10 Å². The number of ether oxygens (including phenoxy) is 1. The summed E-state index contributed by atoms with van der Waals surface area (Å²) in [6, 6.07) is 18.5. The Morgan fingerprint density at radius 3 is 2.67 bits per heavy atom. The third kappa shape index (κ3) is 4.18. The topological polar surface area (TPSA) is 105 Å². The highest BCUT2D eigenvalue weighted by Gasteiger charge is 2.39. The molecule has 1 aliphatic rings. The van der Waals surface area contributed by atoms with Crippen LogP contribution in [0.25, 0.3) is 11.3 Å². The number of furan rings is 1. The van der Waals surface area contributed by atoms with Crippen LogP contribution in [0.15, 0.2) is 82.8 Å². The lowest BCUT2D eigenvalue weighted by atomic mass is 9.88. The third-order valence-corrected chi connectivity index (χ3v) is 7.12. The fraction of sp³-hybridized carbons (Fsp3) is 0.107. The Bertz CT molecular complexity index is 1880. The Morgan fingerprint density at radius 2 is 1.88 bits per heavy atom. The number of fused-ring (bicyclic) bond motifs is 4. The molecule has 0 saturated heterocycles. The predicted molar refractivity (Wildman–Crippen MR) is 148 cm³/mol. The molecule has 198 valence electrons. The van der Waals surface area contributed by atoms with Gasteiger partial charge in [0, 0.05) is 15.6 Å². The first kappa shape index (κ1) is 24.4. The second-order valence-corrected chi connectivity index (χ2v) is 9.88. The molecule has 0 amide bonds. The summed E-state index contributed by atoms with van der Waals surface area (Å²) in [5, 5.41) is 14.6. The summed E-state index contributed by atoms with van der Waals surface area (Å²) in [5.74, 6) is 1.66. The standard InChI is InChI=1S/C28H19Cl2N7O3/c1-16-23-24(21-7-4-12-38-21)25-26-33-22(14-39-32-13-17-5-2-3-6-20(17)30)35-36(26)15-31-27(25)40-28(23)37(34-16)19-10-8-18(29)9-11-19/h2-13,15,24H,14H2,1H3/b32-13-/t24-/m0/s1. The molecule has 0 fully saturated rings. The summed E-state index contributed by atoms with van der Waals surface area (Å²) in [6.07, 6.45) is 4.74. The van der Waals surface area contributed by atoms with Gasteiger partial charge in [0.15, 0.2) is 18.1 Å². The highest BCUT2D eigenvalue weighted by molar-refractivity contribution is 6.33. The van der Waals surface area contributed by atoms with Crippen LogP contribution in [0.4, 0.5) is 0 Å². The summed E-state index contributed by atoms with van der Waals surface area (Å²) in [4.78, 5) is 14.8. The van der Waals surface area contributed by atoms with E-state index in [0.717, 1.165) is 22.5 Å². The quantitative estimate of drug-likeness (QED) is 0.169. The number of hydrogen-bond donors (Lipinski definition) is 0. The van der Waals surface area contributed by atoms with E-state index in [1.54, 1.807) is 46.2 Å². The van der Waals surface area contributed by atoms with E-state index in [4.69, 9.17) is 47.3 Å². The van der Waals surface area contributed by atoms with Crippen molar-refractivity contribution in [2.24, 2.45) is 5.16 Å². The van der Waals surface area contributed by atoms with Crippen molar-refractivity contribution in [1.29, 1.82) is 0 Å². The molecule has 12 heteroatoms. The van der Waals surface area contributed by atoms with Gasteiger partial charge in [-0.3, -0.25) is 0 Å². The van der Waals surface area contributed by atoms with Crippen molar-refractivity contribution in [2.45, 2.75) is 19.4 Å². The Balaban J connectivity index is 1.28. The number of oxime groups is 1. The average molecular weight is 572 g/mol. The number of aryl methyl sites for hydroxylation is 1. The Hall–Kier alpha value is -4.67. The predicted octanol–water partition coefficient (Wildman–Crippen LogP) is 6.35. The van der Waals surface area contributed by atoms with Gasteiger partial charge in [-0.1, -0.05) is 46.6 Å². The molecule has 4 aromatic heterocycles. The molecule has 2 aromatic carbocycles. The summed E-state index contributed by atoms with van der Waals surface area (Å²) >= 11 is 12.3. The fourth-order valence-corrected chi connectivity index (χ4v) is 5.06. The van der Waals surface area contributed by atoms with Crippen LogP contribution in [0.2, 0.25) is 10.0 Å². The molecule has 6 aromatic rings. The molecule has 0 unspecified atom stereocenters. The van der Waals surface area contributed by atoms with Crippen LogP contribution in [-0.2, 0) is 11.4 Å². The van der Waals surface area contributed by atoms with Crippen LogP contribution in [0.5, 0.6) is 11.8 Å². The van der Waals surface area contributed by atoms with Crippen LogP contribution in [-0.4, -0.2) is 35.6 Å². The zero-order valence-corrected chi connectivity index (χ0v) is 22.4. The van der Waals surface area contributed by atoms with Crippen LogP contribution in [0.1, 0.15) is 39.9 Å². The van der Waals surface area contributed by atoms with E-state index in [1.165, 1.54) is 0 Å². The molecule has 0 spiro atoms. The zero-order valence-electron chi connectivity index (χ0n) is 20.9. The zero-order chi connectivity index (χ0) is 27.2. The number of rotatable bonds is 6. The van der Waals surface area contributed by atoms with E-state index in [9.17, 15) is 0 Å². The minimum atomic E-state index is -0.387. The number of aromatic nitrogens is 6. The van der Waals surface area contributed by atoms with Gasteiger partial charge in [-0.05, 0) is 49.4 Å². The number of hydrogen-bond acceptors (Lipinski definition) is 8. The van der Waals surface area contributed by atoms with E-state index in [0.29, 0.717) is 44.6 Å². The van der Waals surface area contributed by atoms with E-state index in [2.05, 4.69) is 15.2 Å². The lowest BCUT2D eigenvalue weighted by molar-refractivity contribution is 0.126. The van der Waals surface area contributed by atoms with Crippen molar-refractivity contribution < 1.29 is 14.0 Å². The summed E-state index contributed by atoms with van der Waals surface area (Å²) in [6.45, 7) is 1.98. The molecular weight excluding hydrogens is 553 g/mol. The molecule has 0 aliphatic carbocycles. The van der Waals surface area contributed by atoms with Gasteiger partial charge in [-0.2, -0.15) is 5.10 Å². The molecule has 0 bridgehead atoms. The number of halogens is 2. The van der Waals surface area contributed by atoms with Crippen molar-refractivity contribution in [3.8, 4) is 17.4 Å². The van der Waals surface area contributed by atoms with E-state index >= 15 is 0 Å². The van der Waals surface area contributed by atoms with Crippen LogP contribution in [0, 0.1) is 6.92 Å². The smallest absolute Gasteiger partial charge is 0.230 e. The normalized spacial score (nSPS) is 14.3. The molecule has 1 aliphatic heterocycles. The van der Waals surface area contributed by atoms with Crippen molar-refractivity contribution in [3.05, 3.63) is 117 Å². The Kier molecular flexibility index (Phi) is 5.98. The number of nitrogens with zero attached hydrogens (tertiary/aromatic N) is 7. The molecule has 10 nitrogen and oxygen atoms in total. The molecule has 5 heterocycles. The van der Waals surface area contributed by atoms with E-state index in [-0.39, 0.29) is 12.5 Å². The van der Waals surface area contributed by atoms with Crippen LogP contribution < -0.4 is 4.74 Å². The maximum absolute atomic E-state index is 6.38. The second kappa shape index (κ2) is 9.82. The van der Waals surface area contributed by atoms with Crippen LogP contribution in [0.3, 0.4) is 0 Å². The molecule has 7 rings (SSSR count). The molecule has 0 radical (unpaired) electrons. The van der Waals surface area contributed by atoms with Gasteiger partial charge >= 0.3 is 0 Å². The lowest BCUT2D eigenvalue weighted by Crippen LogP contribution is -2.15. The largest absolute Gasteiger partial charge is 0.468 e. The van der Waals surface area contributed by atoms with Gasteiger partial charge in [0.2, 0.25) is 11.8 Å². The minimum Gasteiger partial charge on any atom is -0.468 e. The minimum absolute atomic E-state index is 0.0441. The van der Waals surface area contributed by atoms with Crippen molar-refractivity contribution in [2.75, 3.05) is 0 Å². The molecule has 40 heavy (non-hydrogen) atoms. The van der Waals surface area contributed by atoms with Crippen LogP contribution >= 0.6 is 23.2 Å². The number of benzene rings is 2. The summed E-state index contributed by atoms with van der Waals surface area (Å²) < 4.78 is 15.6. The summed E-state index contributed by atoms with van der Waals surface area (Å²) in [7, 11) is 0. The van der Waals surface area contributed by atoms with Gasteiger partial charge < -0.3 is 14.0 Å². The van der Waals surface area contributed by atoms with Gasteiger partial charge in [0.25, 0.3) is 0 Å². The summed E-state index contributed by atoms with van der Waals surface area (Å²) in [5.41, 5.74) is 4.43.